The summed E-state index contributed by atoms with van der Waals surface area (Å²) in [6, 6.07) is 8.37. The van der Waals surface area contributed by atoms with Gasteiger partial charge in [0.1, 0.15) is 5.82 Å². The van der Waals surface area contributed by atoms with Crippen LogP contribution in [-0.2, 0) is 7.05 Å². The fraction of sp³-hybridized carbons (Fsp3) is 0.588. The Morgan fingerprint density at radius 2 is 1.95 bits per heavy atom. The number of fused-ring (bicyclic) bond motifs is 1. The fourth-order valence-electron chi connectivity index (χ4n) is 3.69. The Kier molecular flexibility index (Phi) is 3.79. The van der Waals surface area contributed by atoms with Crippen molar-refractivity contribution in [1.29, 1.82) is 0 Å². The first kappa shape index (κ1) is 13.6. The number of rotatable bonds is 3. The first-order valence-corrected chi connectivity index (χ1v) is 7.82. The molecular formula is C17H25N3. The monoisotopic (exact) mass is 271 g/mol. The van der Waals surface area contributed by atoms with Gasteiger partial charge in [-0.1, -0.05) is 31.9 Å². The zero-order chi connectivity index (χ0) is 14.1. The maximum atomic E-state index is 6.11. The van der Waals surface area contributed by atoms with Crippen molar-refractivity contribution >= 4 is 11.0 Å². The van der Waals surface area contributed by atoms with Crippen LogP contribution in [0.15, 0.2) is 24.3 Å². The van der Waals surface area contributed by atoms with Crippen molar-refractivity contribution in [3.05, 3.63) is 30.1 Å². The van der Waals surface area contributed by atoms with Gasteiger partial charge in [-0.05, 0) is 36.8 Å². The average molecular weight is 271 g/mol. The van der Waals surface area contributed by atoms with Crippen LogP contribution >= 0.6 is 0 Å². The van der Waals surface area contributed by atoms with Gasteiger partial charge in [0, 0.05) is 19.5 Å². The third-order valence-corrected chi connectivity index (χ3v) is 5.04. The van der Waals surface area contributed by atoms with Gasteiger partial charge in [0.2, 0.25) is 0 Å². The van der Waals surface area contributed by atoms with E-state index < -0.39 is 0 Å². The molecule has 0 spiro atoms. The molecule has 108 valence electrons. The summed E-state index contributed by atoms with van der Waals surface area (Å²) in [6.45, 7) is 3.07. The molecule has 3 nitrogen and oxygen atoms in total. The summed E-state index contributed by atoms with van der Waals surface area (Å²) in [6.07, 6.45) is 5.27. The number of para-hydroxylation sites is 2. The fourth-order valence-corrected chi connectivity index (χ4v) is 3.69. The molecule has 20 heavy (non-hydrogen) atoms. The number of nitrogens with zero attached hydrogens (tertiary/aromatic N) is 2. The highest BCUT2D eigenvalue weighted by molar-refractivity contribution is 5.75. The van der Waals surface area contributed by atoms with Gasteiger partial charge in [-0.3, -0.25) is 0 Å². The summed E-state index contributed by atoms with van der Waals surface area (Å²) in [5.74, 6) is 3.16. The number of hydrogen-bond acceptors (Lipinski definition) is 2. The number of imidazole rings is 1. The number of benzene rings is 1. The van der Waals surface area contributed by atoms with Crippen LogP contribution in [0.25, 0.3) is 11.0 Å². The van der Waals surface area contributed by atoms with E-state index in [1.807, 2.05) is 0 Å². The van der Waals surface area contributed by atoms with E-state index in [0.717, 1.165) is 11.4 Å². The Bertz CT molecular complexity index is 579. The largest absolute Gasteiger partial charge is 0.331 e. The Morgan fingerprint density at radius 1 is 1.25 bits per heavy atom. The van der Waals surface area contributed by atoms with Crippen molar-refractivity contribution in [3.63, 3.8) is 0 Å². The summed E-state index contributed by atoms with van der Waals surface area (Å²) < 4.78 is 2.24. The number of hydrogen-bond donors (Lipinski definition) is 1. The predicted molar refractivity (Wildman–Crippen MR) is 83.6 cm³/mol. The van der Waals surface area contributed by atoms with Crippen LogP contribution in [0, 0.1) is 11.8 Å². The van der Waals surface area contributed by atoms with Gasteiger partial charge in [-0.15, -0.1) is 0 Å². The quantitative estimate of drug-likeness (QED) is 0.929. The Balaban J connectivity index is 1.93. The molecule has 0 radical (unpaired) electrons. The number of aryl methyl sites for hydroxylation is 1. The van der Waals surface area contributed by atoms with Crippen LogP contribution in [-0.4, -0.2) is 16.1 Å². The minimum Gasteiger partial charge on any atom is -0.331 e. The molecule has 2 aromatic rings. The normalized spacial score (nSPS) is 24.9. The molecule has 0 aliphatic heterocycles. The van der Waals surface area contributed by atoms with E-state index >= 15 is 0 Å². The van der Waals surface area contributed by atoms with E-state index in [-0.39, 0.29) is 0 Å². The molecule has 1 fully saturated rings. The lowest BCUT2D eigenvalue weighted by Crippen LogP contribution is -2.27. The molecule has 1 atom stereocenters. The van der Waals surface area contributed by atoms with Gasteiger partial charge < -0.3 is 10.3 Å². The molecule has 1 unspecified atom stereocenters. The van der Waals surface area contributed by atoms with Crippen molar-refractivity contribution in [2.75, 3.05) is 6.54 Å². The Hall–Kier alpha value is -1.35. The number of nitrogens with two attached hydrogens (primary N) is 1. The molecule has 1 saturated carbocycles. The third kappa shape index (κ3) is 2.35. The van der Waals surface area contributed by atoms with Crippen molar-refractivity contribution in [2.24, 2.45) is 24.6 Å². The molecule has 1 aliphatic rings. The van der Waals surface area contributed by atoms with Crippen LogP contribution in [0.3, 0.4) is 0 Å². The highest BCUT2D eigenvalue weighted by atomic mass is 15.1. The topological polar surface area (TPSA) is 43.8 Å². The molecule has 0 saturated heterocycles. The summed E-state index contributed by atoms with van der Waals surface area (Å²) in [7, 11) is 2.12. The summed E-state index contributed by atoms with van der Waals surface area (Å²) in [5.41, 5.74) is 8.41. The van der Waals surface area contributed by atoms with E-state index in [4.69, 9.17) is 10.7 Å². The zero-order valence-electron chi connectivity index (χ0n) is 12.5. The second kappa shape index (κ2) is 5.57. The smallest absolute Gasteiger partial charge is 0.114 e. The van der Waals surface area contributed by atoms with Crippen LogP contribution in [0.5, 0.6) is 0 Å². The summed E-state index contributed by atoms with van der Waals surface area (Å²) >= 11 is 0. The van der Waals surface area contributed by atoms with E-state index in [9.17, 15) is 0 Å². The molecule has 0 bridgehead atoms. The van der Waals surface area contributed by atoms with Crippen LogP contribution < -0.4 is 5.73 Å². The van der Waals surface area contributed by atoms with E-state index in [1.54, 1.807) is 0 Å². The SMILES string of the molecule is CC1CCC(C(CN)c2nc3ccccc3n2C)CC1. The second-order valence-electron chi connectivity index (χ2n) is 6.38. The zero-order valence-corrected chi connectivity index (χ0v) is 12.5. The third-order valence-electron chi connectivity index (χ3n) is 5.04. The lowest BCUT2D eigenvalue weighted by atomic mass is 9.76. The van der Waals surface area contributed by atoms with Gasteiger partial charge in [0.05, 0.1) is 11.0 Å². The molecule has 1 aromatic carbocycles. The molecule has 1 aromatic heterocycles. The van der Waals surface area contributed by atoms with Gasteiger partial charge in [-0.2, -0.15) is 0 Å². The van der Waals surface area contributed by atoms with Crippen LogP contribution in [0.1, 0.15) is 44.3 Å². The lowest BCUT2D eigenvalue weighted by Gasteiger charge is -2.31. The summed E-state index contributed by atoms with van der Waals surface area (Å²) in [5, 5.41) is 0. The molecule has 0 amide bonds. The highest BCUT2D eigenvalue weighted by Gasteiger charge is 2.29. The predicted octanol–water partition coefficient (Wildman–Crippen LogP) is 3.44. The van der Waals surface area contributed by atoms with E-state index in [2.05, 4.69) is 42.8 Å². The van der Waals surface area contributed by atoms with E-state index in [0.29, 0.717) is 18.4 Å². The van der Waals surface area contributed by atoms with Crippen LogP contribution in [0.2, 0.25) is 0 Å². The molecule has 1 aliphatic carbocycles. The van der Waals surface area contributed by atoms with Gasteiger partial charge in [-0.25, -0.2) is 4.98 Å². The lowest BCUT2D eigenvalue weighted by molar-refractivity contribution is 0.249. The Labute approximate surface area is 121 Å². The maximum absolute atomic E-state index is 6.11. The van der Waals surface area contributed by atoms with Gasteiger partial charge in [0.15, 0.2) is 0 Å². The van der Waals surface area contributed by atoms with Crippen molar-refractivity contribution < 1.29 is 0 Å². The maximum Gasteiger partial charge on any atom is 0.114 e. The molecule has 3 rings (SSSR count). The average Bonchev–Trinajstić information content (AvgIpc) is 2.80. The minimum absolute atomic E-state index is 0.403. The summed E-state index contributed by atoms with van der Waals surface area (Å²) in [4.78, 5) is 4.86. The van der Waals surface area contributed by atoms with Gasteiger partial charge >= 0.3 is 0 Å². The second-order valence-corrected chi connectivity index (χ2v) is 6.38. The first-order valence-electron chi connectivity index (χ1n) is 7.82. The molecular weight excluding hydrogens is 246 g/mol. The molecule has 1 heterocycles. The minimum atomic E-state index is 0.403. The standard InChI is InChI=1S/C17H25N3/c1-12-7-9-13(10-8-12)14(11-18)17-19-15-5-3-4-6-16(15)20(17)2/h3-6,12-14H,7-11,18H2,1-2H3. The highest BCUT2D eigenvalue weighted by Crippen LogP contribution is 2.37. The van der Waals surface area contributed by atoms with E-state index in [1.165, 1.54) is 37.0 Å². The van der Waals surface area contributed by atoms with Gasteiger partial charge in [0.25, 0.3) is 0 Å². The first-order chi connectivity index (χ1) is 9.70. The molecule has 3 heteroatoms. The van der Waals surface area contributed by atoms with Crippen LogP contribution in [0.4, 0.5) is 0 Å². The molecule has 2 N–H and O–H groups in total. The Morgan fingerprint density at radius 3 is 2.60 bits per heavy atom. The van der Waals surface area contributed by atoms with Crippen molar-refractivity contribution in [2.45, 2.75) is 38.5 Å². The van der Waals surface area contributed by atoms with Crippen molar-refractivity contribution in [3.8, 4) is 0 Å². The number of aromatic nitrogens is 2. The van der Waals surface area contributed by atoms with Crippen molar-refractivity contribution in [1.82, 2.24) is 9.55 Å².